The summed E-state index contributed by atoms with van der Waals surface area (Å²) in [6.45, 7) is 3.37. The van der Waals surface area contributed by atoms with E-state index in [-0.39, 0.29) is 0 Å². The monoisotopic (exact) mass is 233 g/mol. The van der Waals surface area contributed by atoms with Crippen molar-refractivity contribution < 1.29 is 9.15 Å². The van der Waals surface area contributed by atoms with Crippen LogP contribution >= 0.6 is 0 Å². The number of furan rings is 1. The molecule has 0 saturated heterocycles. The average molecular weight is 233 g/mol. The summed E-state index contributed by atoms with van der Waals surface area (Å²) in [4.78, 5) is 0. The summed E-state index contributed by atoms with van der Waals surface area (Å²) >= 11 is 0. The van der Waals surface area contributed by atoms with E-state index >= 15 is 0 Å². The topological polar surface area (TPSA) is 48.4 Å². The quantitative estimate of drug-likeness (QED) is 0.780. The molecule has 0 radical (unpaired) electrons. The van der Waals surface area contributed by atoms with Gasteiger partial charge < -0.3 is 14.9 Å². The molecule has 1 heterocycles. The second-order valence-corrected chi connectivity index (χ2v) is 4.07. The highest BCUT2D eigenvalue weighted by Gasteiger charge is 2.08. The lowest BCUT2D eigenvalue weighted by atomic mass is 10.2. The maximum atomic E-state index is 5.83. The van der Waals surface area contributed by atoms with Crippen LogP contribution in [0.4, 0.5) is 0 Å². The smallest absolute Gasteiger partial charge is 0.176 e. The molecule has 1 aromatic heterocycles. The highest BCUT2D eigenvalue weighted by Crippen LogP contribution is 2.29. The number of benzene rings is 1. The van der Waals surface area contributed by atoms with Crippen LogP contribution in [0.15, 0.2) is 28.7 Å². The summed E-state index contributed by atoms with van der Waals surface area (Å²) in [6.07, 6.45) is 3.05. The van der Waals surface area contributed by atoms with Gasteiger partial charge in [-0.25, -0.2) is 0 Å². The standard InChI is InChI=1S/C14H19NO2/c1-2-16-13-8-5-6-11-10-12(17-14(11)13)7-3-4-9-15/h5-6,8,10H,2-4,7,9,15H2,1H3. The van der Waals surface area contributed by atoms with Crippen LogP contribution in [-0.4, -0.2) is 13.2 Å². The summed E-state index contributed by atoms with van der Waals surface area (Å²) in [7, 11) is 0. The Kier molecular flexibility index (Phi) is 4.04. The van der Waals surface area contributed by atoms with E-state index < -0.39 is 0 Å². The van der Waals surface area contributed by atoms with E-state index in [0.717, 1.165) is 48.3 Å². The van der Waals surface area contributed by atoms with Gasteiger partial charge in [-0.15, -0.1) is 0 Å². The van der Waals surface area contributed by atoms with Crippen LogP contribution in [0.5, 0.6) is 5.75 Å². The first kappa shape index (κ1) is 12.0. The van der Waals surface area contributed by atoms with Crippen LogP contribution < -0.4 is 10.5 Å². The van der Waals surface area contributed by atoms with Crippen molar-refractivity contribution in [2.45, 2.75) is 26.2 Å². The number of ether oxygens (including phenoxy) is 1. The van der Waals surface area contributed by atoms with Crippen molar-refractivity contribution >= 4 is 11.0 Å². The van der Waals surface area contributed by atoms with Crippen molar-refractivity contribution in [3.8, 4) is 5.75 Å². The van der Waals surface area contributed by atoms with E-state index in [2.05, 4.69) is 6.07 Å². The first-order chi connectivity index (χ1) is 8.35. The molecular formula is C14H19NO2. The van der Waals surface area contributed by atoms with Crippen molar-refractivity contribution in [2.24, 2.45) is 5.73 Å². The fourth-order valence-corrected chi connectivity index (χ4v) is 1.93. The first-order valence-electron chi connectivity index (χ1n) is 6.19. The first-order valence-corrected chi connectivity index (χ1v) is 6.19. The van der Waals surface area contributed by atoms with E-state index in [4.69, 9.17) is 14.9 Å². The molecule has 0 aliphatic rings. The van der Waals surface area contributed by atoms with Gasteiger partial charge in [0.15, 0.2) is 11.3 Å². The van der Waals surface area contributed by atoms with Gasteiger partial charge in [0.25, 0.3) is 0 Å². The van der Waals surface area contributed by atoms with E-state index in [1.165, 1.54) is 0 Å². The second kappa shape index (κ2) is 5.73. The molecule has 1 aromatic carbocycles. The molecular weight excluding hydrogens is 214 g/mol. The van der Waals surface area contributed by atoms with Crippen molar-refractivity contribution in [1.29, 1.82) is 0 Å². The third kappa shape index (κ3) is 2.80. The molecule has 0 fully saturated rings. The Morgan fingerprint density at radius 2 is 2.18 bits per heavy atom. The summed E-state index contributed by atoms with van der Waals surface area (Å²) in [6, 6.07) is 8.08. The number of rotatable bonds is 6. The van der Waals surface area contributed by atoms with Gasteiger partial charge in [0.05, 0.1) is 6.61 Å². The molecule has 0 spiro atoms. The van der Waals surface area contributed by atoms with Gasteiger partial charge in [0.2, 0.25) is 0 Å². The van der Waals surface area contributed by atoms with E-state index in [1.807, 2.05) is 25.1 Å². The number of hydrogen-bond acceptors (Lipinski definition) is 3. The number of fused-ring (bicyclic) bond motifs is 1. The molecule has 2 rings (SSSR count). The zero-order valence-electron chi connectivity index (χ0n) is 10.2. The van der Waals surface area contributed by atoms with Crippen molar-refractivity contribution in [3.05, 3.63) is 30.0 Å². The Hall–Kier alpha value is -1.48. The Bertz CT molecular complexity index is 476. The van der Waals surface area contributed by atoms with Gasteiger partial charge in [0.1, 0.15) is 5.76 Å². The second-order valence-electron chi connectivity index (χ2n) is 4.07. The third-order valence-corrected chi connectivity index (χ3v) is 2.74. The SMILES string of the molecule is CCOc1cccc2cc(CCCCN)oc12. The minimum Gasteiger partial charge on any atom is -0.490 e. The Balaban J connectivity index is 2.20. The average Bonchev–Trinajstić information content (AvgIpc) is 2.74. The summed E-state index contributed by atoms with van der Waals surface area (Å²) < 4.78 is 11.4. The van der Waals surface area contributed by atoms with E-state index in [0.29, 0.717) is 6.61 Å². The normalized spacial score (nSPS) is 10.9. The molecule has 17 heavy (non-hydrogen) atoms. The summed E-state index contributed by atoms with van der Waals surface area (Å²) in [5.74, 6) is 1.84. The minimum absolute atomic E-state index is 0.655. The lowest BCUT2D eigenvalue weighted by Crippen LogP contribution is -1.98. The molecule has 92 valence electrons. The molecule has 0 aliphatic carbocycles. The summed E-state index contributed by atoms with van der Waals surface area (Å²) in [5.41, 5.74) is 6.34. The van der Waals surface area contributed by atoms with Crippen LogP contribution in [0.25, 0.3) is 11.0 Å². The van der Waals surface area contributed by atoms with Gasteiger partial charge in [0, 0.05) is 11.8 Å². The van der Waals surface area contributed by atoms with Crippen LogP contribution in [-0.2, 0) is 6.42 Å². The number of aryl methyl sites for hydroxylation is 1. The number of para-hydroxylation sites is 1. The molecule has 2 aromatic rings. The van der Waals surface area contributed by atoms with Gasteiger partial charge >= 0.3 is 0 Å². The van der Waals surface area contributed by atoms with Gasteiger partial charge in [-0.1, -0.05) is 12.1 Å². The fraction of sp³-hybridized carbons (Fsp3) is 0.429. The highest BCUT2D eigenvalue weighted by atomic mass is 16.5. The number of unbranched alkanes of at least 4 members (excludes halogenated alkanes) is 1. The summed E-state index contributed by atoms with van der Waals surface area (Å²) in [5, 5.41) is 1.11. The number of nitrogens with two attached hydrogens (primary N) is 1. The van der Waals surface area contributed by atoms with Crippen molar-refractivity contribution in [1.82, 2.24) is 0 Å². The molecule has 2 N–H and O–H groups in total. The molecule has 0 aliphatic heterocycles. The van der Waals surface area contributed by atoms with Crippen molar-refractivity contribution in [3.63, 3.8) is 0 Å². The number of hydrogen-bond donors (Lipinski definition) is 1. The Morgan fingerprint density at radius 1 is 1.29 bits per heavy atom. The maximum absolute atomic E-state index is 5.83. The van der Waals surface area contributed by atoms with Gasteiger partial charge in [-0.05, 0) is 38.4 Å². The van der Waals surface area contributed by atoms with Crippen molar-refractivity contribution in [2.75, 3.05) is 13.2 Å². The largest absolute Gasteiger partial charge is 0.490 e. The zero-order chi connectivity index (χ0) is 12.1. The molecule has 0 saturated carbocycles. The van der Waals surface area contributed by atoms with Crippen LogP contribution in [0, 0.1) is 0 Å². The van der Waals surface area contributed by atoms with Crippen LogP contribution in [0.3, 0.4) is 0 Å². The molecule has 3 nitrogen and oxygen atoms in total. The third-order valence-electron chi connectivity index (χ3n) is 2.74. The molecule has 0 amide bonds. The van der Waals surface area contributed by atoms with Gasteiger partial charge in [-0.3, -0.25) is 0 Å². The minimum atomic E-state index is 0.655. The Labute approximate surface area is 102 Å². The maximum Gasteiger partial charge on any atom is 0.176 e. The predicted molar refractivity (Wildman–Crippen MR) is 69.4 cm³/mol. The van der Waals surface area contributed by atoms with Gasteiger partial charge in [-0.2, -0.15) is 0 Å². The Morgan fingerprint density at radius 3 is 2.94 bits per heavy atom. The molecule has 0 unspecified atom stereocenters. The molecule has 3 heteroatoms. The zero-order valence-corrected chi connectivity index (χ0v) is 10.2. The lowest BCUT2D eigenvalue weighted by Gasteiger charge is -2.02. The van der Waals surface area contributed by atoms with E-state index in [9.17, 15) is 0 Å². The van der Waals surface area contributed by atoms with Crippen LogP contribution in [0.1, 0.15) is 25.5 Å². The highest BCUT2D eigenvalue weighted by molar-refractivity contribution is 5.83. The van der Waals surface area contributed by atoms with Crippen LogP contribution in [0.2, 0.25) is 0 Å². The fourth-order valence-electron chi connectivity index (χ4n) is 1.93. The lowest BCUT2D eigenvalue weighted by molar-refractivity contribution is 0.337. The van der Waals surface area contributed by atoms with E-state index in [1.54, 1.807) is 0 Å². The molecule has 0 bridgehead atoms. The predicted octanol–water partition coefficient (Wildman–Crippen LogP) is 3.11. The molecule has 0 atom stereocenters.